The third-order valence-electron chi connectivity index (χ3n) is 8.38. The highest BCUT2D eigenvalue weighted by Gasteiger charge is 2.26. The van der Waals surface area contributed by atoms with Crippen LogP contribution in [-0.2, 0) is 0 Å². The lowest BCUT2D eigenvalue weighted by molar-refractivity contribution is 0.605. The molecule has 0 amide bonds. The third-order valence-corrected chi connectivity index (χ3v) is 8.38. The molecule has 1 aliphatic heterocycles. The summed E-state index contributed by atoms with van der Waals surface area (Å²) in [5, 5.41) is 6.87. The molecule has 5 aromatic carbocycles. The van der Waals surface area contributed by atoms with E-state index in [0.29, 0.717) is 5.96 Å². The number of nitrogens with one attached hydrogen (secondary N) is 1. The van der Waals surface area contributed by atoms with Gasteiger partial charge in [0.05, 0.1) is 5.52 Å². The molecule has 5 heteroatoms. The number of allylic oxidation sites excluding steroid dienone is 1. The van der Waals surface area contributed by atoms with Crippen molar-refractivity contribution in [2.45, 2.75) is 13.1 Å². The van der Waals surface area contributed by atoms with Gasteiger partial charge < -0.3 is 9.73 Å². The Hall–Kier alpha value is -5.94. The minimum Gasteiger partial charge on any atom is -0.454 e. The Balaban J connectivity index is 1.34. The van der Waals surface area contributed by atoms with E-state index in [2.05, 4.69) is 120 Å². The van der Waals surface area contributed by atoms with E-state index < -0.39 is 6.17 Å². The van der Waals surface area contributed by atoms with Gasteiger partial charge in [0.2, 0.25) is 5.96 Å². The van der Waals surface area contributed by atoms with Crippen molar-refractivity contribution >= 4 is 56.7 Å². The van der Waals surface area contributed by atoms with Crippen LogP contribution in [0.4, 0.5) is 0 Å². The van der Waals surface area contributed by atoms with Crippen LogP contribution in [0.15, 0.2) is 148 Å². The van der Waals surface area contributed by atoms with Gasteiger partial charge in [-0.3, -0.25) is 4.57 Å². The van der Waals surface area contributed by atoms with Crippen LogP contribution in [0, 0.1) is 0 Å². The van der Waals surface area contributed by atoms with E-state index >= 15 is 0 Å². The van der Waals surface area contributed by atoms with Gasteiger partial charge in [-0.15, -0.1) is 0 Å². The van der Waals surface area contributed by atoms with Crippen molar-refractivity contribution in [1.82, 2.24) is 9.88 Å². The minimum atomic E-state index is -0.430. The molecule has 216 valence electrons. The number of amidine groups is 1. The Kier molecular flexibility index (Phi) is 6.50. The first-order chi connectivity index (χ1) is 22.2. The summed E-state index contributed by atoms with van der Waals surface area (Å²) >= 11 is 0. The molecule has 0 radical (unpaired) electrons. The molecular formula is C40H30N4O. The van der Waals surface area contributed by atoms with Gasteiger partial charge in [0.1, 0.15) is 17.1 Å². The van der Waals surface area contributed by atoms with Crippen LogP contribution < -0.4 is 5.32 Å². The number of aromatic nitrogens is 1. The molecule has 2 aromatic heterocycles. The average molecular weight is 583 g/mol. The van der Waals surface area contributed by atoms with Crippen molar-refractivity contribution in [2.75, 3.05) is 0 Å². The number of hydrogen-bond acceptors (Lipinski definition) is 4. The SMILES string of the molecule is C=Cc1oc2c(ccc3c4ccccc4n(C4=NC(c5ccccc5)N=C(c5ccc(-c6ccccc6)cc5)N4)c32)c1/C=C\C. The van der Waals surface area contributed by atoms with Crippen molar-refractivity contribution in [2.24, 2.45) is 9.98 Å². The standard InChI is InChI=1S/C40H30N4O/c1-3-13-31-33-25-24-32-30-18-11-12-19-34(30)44(36(32)37(33)45-35(31)4-2)40-42-38(28-16-9-6-10-17-28)41-39(43-40)29-22-20-27(21-23-29)26-14-7-5-8-15-26/h3-25,38H,2H2,1H3,(H,41,42,43)/b13-3-. The zero-order valence-corrected chi connectivity index (χ0v) is 24.8. The van der Waals surface area contributed by atoms with E-state index in [1.807, 2.05) is 37.3 Å². The summed E-state index contributed by atoms with van der Waals surface area (Å²) in [6, 6.07) is 41.9. The fourth-order valence-corrected chi connectivity index (χ4v) is 6.27. The van der Waals surface area contributed by atoms with E-state index in [9.17, 15) is 0 Å². The first-order valence-electron chi connectivity index (χ1n) is 15.1. The first-order valence-corrected chi connectivity index (χ1v) is 15.1. The maximum absolute atomic E-state index is 6.55. The lowest BCUT2D eigenvalue weighted by Crippen LogP contribution is -2.39. The summed E-state index contributed by atoms with van der Waals surface area (Å²) in [5.74, 6) is 2.19. The van der Waals surface area contributed by atoms with Crippen LogP contribution in [0.3, 0.4) is 0 Å². The van der Waals surface area contributed by atoms with E-state index in [-0.39, 0.29) is 0 Å². The molecular weight excluding hydrogens is 552 g/mol. The van der Waals surface area contributed by atoms with E-state index in [4.69, 9.17) is 14.4 Å². The van der Waals surface area contributed by atoms with Crippen LogP contribution in [0.2, 0.25) is 0 Å². The van der Waals surface area contributed by atoms with Crippen molar-refractivity contribution in [3.05, 3.63) is 156 Å². The summed E-state index contributed by atoms with van der Waals surface area (Å²) in [6.45, 7) is 6.04. The number of hydrogen-bond donors (Lipinski definition) is 1. The molecule has 0 saturated carbocycles. The molecule has 0 spiro atoms. The van der Waals surface area contributed by atoms with Crippen LogP contribution in [0.25, 0.3) is 56.1 Å². The van der Waals surface area contributed by atoms with Gasteiger partial charge in [0.25, 0.3) is 0 Å². The molecule has 0 fully saturated rings. The van der Waals surface area contributed by atoms with Crippen LogP contribution >= 0.6 is 0 Å². The number of furan rings is 1. The number of nitrogens with zero attached hydrogens (tertiary/aromatic N) is 3. The van der Waals surface area contributed by atoms with E-state index in [1.165, 1.54) is 5.56 Å². The minimum absolute atomic E-state index is 0.430. The van der Waals surface area contributed by atoms with Crippen LogP contribution in [-0.4, -0.2) is 16.4 Å². The van der Waals surface area contributed by atoms with Crippen LogP contribution in [0.1, 0.15) is 35.5 Å². The predicted octanol–water partition coefficient (Wildman–Crippen LogP) is 9.84. The van der Waals surface area contributed by atoms with Crippen molar-refractivity contribution < 1.29 is 4.42 Å². The first kappa shape index (κ1) is 26.7. The number of benzene rings is 5. The largest absolute Gasteiger partial charge is 0.454 e. The predicted molar refractivity (Wildman–Crippen MR) is 188 cm³/mol. The molecule has 7 aromatic rings. The second-order valence-electron chi connectivity index (χ2n) is 11.1. The van der Waals surface area contributed by atoms with Gasteiger partial charge in [0.15, 0.2) is 11.7 Å². The van der Waals surface area contributed by atoms with Crippen molar-refractivity contribution in [1.29, 1.82) is 0 Å². The van der Waals surface area contributed by atoms with Gasteiger partial charge >= 0.3 is 0 Å². The highest BCUT2D eigenvalue weighted by Crippen LogP contribution is 2.39. The number of fused-ring (bicyclic) bond motifs is 5. The molecule has 1 atom stereocenters. The maximum atomic E-state index is 6.55. The lowest BCUT2D eigenvalue weighted by atomic mass is 10.0. The fourth-order valence-electron chi connectivity index (χ4n) is 6.27. The Morgan fingerprint density at radius 1 is 0.711 bits per heavy atom. The molecule has 0 bridgehead atoms. The monoisotopic (exact) mass is 582 g/mol. The number of aliphatic imine (C=N–C) groups is 2. The summed E-state index contributed by atoms with van der Waals surface area (Å²) in [6.07, 6.45) is 5.45. The zero-order chi connectivity index (χ0) is 30.3. The third kappa shape index (κ3) is 4.48. The highest BCUT2D eigenvalue weighted by molar-refractivity contribution is 6.23. The zero-order valence-electron chi connectivity index (χ0n) is 24.8. The van der Waals surface area contributed by atoms with E-state index in [1.54, 1.807) is 6.08 Å². The molecule has 45 heavy (non-hydrogen) atoms. The lowest BCUT2D eigenvalue weighted by Gasteiger charge is -2.23. The summed E-state index contributed by atoms with van der Waals surface area (Å²) in [4.78, 5) is 10.4. The van der Waals surface area contributed by atoms with Crippen molar-refractivity contribution in [3.8, 4) is 11.1 Å². The van der Waals surface area contributed by atoms with Gasteiger partial charge in [-0.1, -0.05) is 128 Å². The quantitative estimate of drug-likeness (QED) is 0.220. The van der Waals surface area contributed by atoms with Crippen LogP contribution in [0.5, 0.6) is 0 Å². The van der Waals surface area contributed by atoms with Gasteiger partial charge in [-0.25, -0.2) is 9.98 Å². The summed E-state index contributed by atoms with van der Waals surface area (Å²) in [7, 11) is 0. The summed E-state index contributed by atoms with van der Waals surface area (Å²) < 4.78 is 8.74. The van der Waals surface area contributed by atoms with Gasteiger partial charge in [-0.05, 0) is 41.8 Å². The highest BCUT2D eigenvalue weighted by atomic mass is 16.3. The second kappa shape index (κ2) is 11.0. The molecule has 8 rings (SSSR count). The molecule has 5 nitrogen and oxygen atoms in total. The Morgan fingerprint density at radius 3 is 2.13 bits per heavy atom. The van der Waals surface area contributed by atoms with Gasteiger partial charge in [-0.2, -0.15) is 0 Å². The number of para-hydroxylation sites is 1. The van der Waals surface area contributed by atoms with Crippen molar-refractivity contribution in [3.63, 3.8) is 0 Å². The second-order valence-corrected chi connectivity index (χ2v) is 11.1. The molecule has 1 unspecified atom stereocenters. The normalized spacial score (nSPS) is 15.0. The Bertz CT molecular complexity index is 2300. The maximum Gasteiger partial charge on any atom is 0.211 e. The number of rotatable bonds is 5. The Labute approximate surface area is 261 Å². The Morgan fingerprint density at radius 2 is 1.38 bits per heavy atom. The van der Waals surface area contributed by atoms with Gasteiger partial charge in [0, 0.05) is 27.3 Å². The van der Waals surface area contributed by atoms with E-state index in [0.717, 1.165) is 66.6 Å². The molecule has 1 aliphatic rings. The topological polar surface area (TPSA) is 54.8 Å². The average Bonchev–Trinajstić information content (AvgIpc) is 3.64. The molecule has 0 saturated heterocycles. The smallest absolute Gasteiger partial charge is 0.211 e. The molecule has 3 heterocycles. The fraction of sp³-hybridized carbons (Fsp3) is 0.0500. The molecule has 1 N–H and O–H groups in total. The molecule has 0 aliphatic carbocycles. The summed E-state index contributed by atoms with van der Waals surface area (Å²) in [5.41, 5.74) is 8.12.